The summed E-state index contributed by atoms with van der Waals surface area (Å²) in [6, 6.07) is 11.8. The van der Waals surface area contributed by atoms with Crippen LogP contribution in [0.25, 0.3) is 27.5 Å². The average Bonchev–Trinajstić information content (AvgIpc) is 3.49. The van der Waals surface area contributed by atoms with Crippen molar-refractivity contribution in [2.45, 2.75) is 18.8 Å². The molecule has 1 fully saturated rings. The standard InChI is InChI=1S/C23H23N3O4S/c1-27-16-9-7-13(8-10-16)20-19(24-23-26(20)25-22(31-23)14-5-6-14)15-11-17(28-2)21(30-4)18(12-15)29-3/h7-12,14H,5-6H2,1-4H3. The van der Waals surface area contributed by atoms with Crippen molar-refractivity contribution in [2.24, 2.45) is 0 Å². The van der Waals surface area contributed by atoms with Gasteiger partial charge in [-0.1, -0.05) is 11.3 Å². The van der Waals surface area contributed by atoms with E-state index in [4.69, 9.17) is 29.0 Å². The zero-order valence-electron chi connectivity index (χ0n) is 17.8. The average molecular weight is 438 g/mol. The molecule has 0 saturated heterocycles. The molecule has 0 amide bonds. The summed E-state index contributed by atoms with van der Waals surface area (Å²) in [6.45, 7) is 0. The van der Waals surface area contributed by atoms with Gasteiger partial charge in [-0.2, -0.15) is 5.10 Å². The van der Waals surface area contributed by atoms with Gasteiger partial charge in [0.25, 0.3) is 0 Å². The summed E-state index contributed by atoms with van der Waals surface area (Å²) in [4.78, 5) is 5.85. The molecule has 0 atom stereocenters. The Hall–Kier alpha value is -3.26. The summed E-state index contributed by atoms with van der Waals surface area (Å²) < 4.78 is 23.9. The molecule has 160 valence electrons. The molecular formula is C23H23N3O4S. The van der Waals surface area contributed by atoms with Crippen LogP contribution in [0.1, 0.15) is 23.8 Å². The van der Waals surface area contributed by atoms with E-state index in [1.54, 1.807) is 39.8 Å². The molecule has 1 aliphatic carbocycles. The number of benzene rings is 2. The lowest BCUT2D eigenvalue weighted by Gasteiger charge is -2.14. The summed E-state index contributed by atoms with van der Waals surface area (Å²) >= 11 is 1.66. The van der Waals surface area contributed by atoms with Crippen LogP contribution in [0.4, 0.5) is 0 Å². The van der Waals surface area contributed by atoms with E-state index in [-0.39, 0.29) is 0 Å². The minimum absolute atomic E-state index is 0.551. The molecular weight excluding hydrogens is 414 g/mol. The van der Waals surface area contributed by atoms with E-state index in [0.717, 1.165) is 38.2 Å². The van der Waals surface area contributed by atoms with Gasteiger partial charge in [-0.25, -0.2) is 9.50 Å². The van der Waals surface area contributed by atoms with E-state index >= 15 is 0 Å². The molecule has 2 heterocycles. The van der Waals surface area contributed by atoms with Crippen LogP contribution in [0.3, 0.4) is 0 Å². The number of methoxy groups -OCH3 is 4. The first-order valence-electron chi connectivity index (χ1n) is 10.0. The lowest BCUT2D eigenvalue weighted by atomic mass is 10.0. The minimum Gasteiger partial charge on any atom is -0.497 e. The second kappa shape index (κ2) is 7.77. The van der Waals surface area contributed by atoms with Crippen molar-refractivity contribution in [3.8, 4) is 45.5 Å². The van der Waals surface area contributed by atoms with Crippen LogP contribution in [-0.4, -0.2) is 43.0 Å². The second-order valence-corrected chi connectivity index (χ2v) is 8.35. The lowest BCUT2D eigenvalue weighted by Crippen LogP contribution is -1.97. The third-order valence-electron chi connectivity index (χ3n) is 5.45. The van der Waals surface area contributed by atoms with Gasteiger partial charge >= 0.3 is 0 Å². The molecule has 0 radical (unpaired) electrons. The lowest BCUT2D eigenvalue weighted by molar-refractivity contribution is 0.324. The molecule has 31 heavy (non-hydrogen) atoms. The number of ether oxygens (including phenoxy) is 4. The first-order chi connectivity index (χ1) is 15.2. The number of aromatic nitrogens is 3. The van der Waals surface area contributed by atoms with Gasteiger partial charge in [0, 0.05) is 17.0 Å². The van der Waals surface area contributed by atoms with Gasteiger partial charge in [-0.05, 0) is 49.2 Å². The van der Waals surface area contributed by atoms with Crippen molar-refractivity contribution in [2.75, 3.05) is 28.4 Å². The van der Waals surface area contributed by atoms with Crippen molar-refractivity contribution < 1.29 is 18.9 Å². The highest BCUT2D eigenvalue weighted by Crippen LogP contribution is 2.46. The fourth-order valence-corrected chi connectivity index (χ4v) is 4.75. The molecule has 1 aliphatic rings. The zero-order valence-corrected chi connectivity index (χ0v) is 18.7. The molecule has 2 aromatic carbocycles. The van der Waals surface area contributed by atoms with Gasteiger partial charge in [0.1, 0.15) is 22.1 Å². The highest BCUT2D eigenvalue weighted by atomic mass is 32.1. The third-order valence-corrected chi connectivity index (χ3v) is 6.52. The minimum atomic E-state index is 0.551. The monoisotopic (exact) mass is 437 g/mol. The van der Waals surface area contributed by atoms with E-state index < -0.39 is 0 Å². The van der Waals surface area contributed by atoms with Crippen LogP contribution in [0, 0.1) is 0 Å². The van der Waals surface area contributed by atoms with Crippen molar-refractivity contribution in [1.29, 1.82) is 0 Å². The SMILES string of the molecule is COc1ccc(-c2c(-c3cc(OC)c(OC)c(OC)c3)nc3sc(C4CC4)nn23)cc1. The molecule has 0 bridgehead atoms. The van der Waals surface area contributed by atoms with Crippen LogP contribution >= 0.6 is 11.3 Å². The second-order valence-electron chi connectivity index (χ2n) is 7.36. The third kappa shape index (κ3) is 3.37. The molecule has 7 nitrogen and oxygen atoms in total. The van der Waals surface area contributed by atoms with Gasteiger partial charge in [-0.3, -0.25) is 0 Å². The van der Waals surface area contributed by atoms with Crippen LogP contribution in [0.5, 0.6) is 23.0 Å². The maximum Gasteiger partial charge on any atom is 0.213 e. The Labute approximate surface area is 184 Å². The summed E-state index contributed by atoms with van der Waals surface area (Å²) in [5, 5.41) is 6.06. The highest BCUT2D eigenvalue weighted by molar-refractivity contribution is 7.16. The van der Waals surface area contributed by atoms with Gasteiger partial charge < -0.3 is 18.9 Å². The Morgan fingerprint density at radius 1 is 0.871 bits per heavy atom. The molecule has 0 spiro atoms. The zero-order chi connectivity index (χ0) is 21.5. The maximum absolute atomic E-state index is 5.56. The van der Waals surface area contributed by atoms with E-state index in [1.807, 2.05) is 40.9 Å². The quantitative estimate of drug-likeness (QED) is 0.404. The van der Waals surface area contributed by atoms with E-state index in [2.05, 4.69) is 0 Å². The van der Waals surface area contributed by atoms with Crippen molar-refractivity contribution in [3.05, 3.63) is 41.4 Å². The van der Waals surface area contributed by atoms with Gasteiger partial charge in [-0.15, -0.1) is 0 Å². The van der Waals surface area contributed by atoms with Gasteiger partial charge in [0.05, 0.1) is 28.4 Å². The predicted octanol–water partition coefficient (Wildman–Crippen LogP) is 5.04. The summed E-state index contributed by atoms with van der Waals surface area (Å²) in [7, 11) is 6.48. The Morgan fingerprint density at radius 2 is 1.55 bits per heavy atom. The fourth-order valence-electron chi connectivity index (χ4n) is 3.69. The Balaban J connectivity index is 1.74. The number of imidazole rings is 1. The molecule has 2 aromatic heterocycles. The normalized spacial score (nSPS) is 13.4. The molecule has 8 heteroatoms. The first kappa shape index (κ1) is 19.7. The van der Waals surface area contributed by atoms with E-state index in [0.29, 0.717) is 23.2 Å². The largest absolute Gasteiger partial charge is 0.497 e. The fraction of sp³-hybridized carbons (Fsp3) is 0.304. The Kier molecular flexibility index (Phi) is 4.94. The van der Waals surface area contributed by atoms with Crippen LogP contribution in [0.2, 0.25) is 0 Å². The van der Waals surface area contributed by atoms with Crippen LogP contribution in [0.15, 0.2) is 36.4 Å². The van der Waals surface area contributed by atoms with Crippen molar-refractivity contribution in [1.82, 2.24) is 14.6 Å². The van der Waals surface area contributed by atoms with Crippen LogP contribution in [-0.2, 0) is 0 Å². The summed E-state index contributed by atoms with van der Waals surface area (Å²) in [5.41, 5.74) is 3.61. The number of hydrogen-bond acceptors (Lipinski definition) is 7. The topological polar surface area (TPSA) is 67.1 Å². The number of hydrogen-bond donors (Lipinski definition) is 0. The first-order valence-corrected chi connectivity index (χ1v) is 10.8. The number of nitrogens with zero attached hydrogens (tertiary/aromatic N) is 3. The van der Waals surface area contributed by atoms with E-state index in [1.165, 1.54) is 12.8 Å². The smallest absolute Gasteiger partial charge is 0.213 e. The highest BCUT2D eigenvalue weighted by Gasteiger charge is 2.30. The predicted molar refractivity (Wildman–Crippen MR) is 120 cm³/mol. The van der Waals surface area contributed by atoms with Gasteiger partial charge in [0.15, 0.2) is 11.5 Å². The molecule has 4 aromatic rings. The Bertz CT molecular complexity index is 1220. The molecule has 1 saturated carbocycles. The van der Waals surface area contributed by atoms with Crippen molar-refractivity contribution >= 4 is 16.3 Å². The number of rotatable bonds is 7. The van der Waals surface area contributed by atoms with Crippen LogP contribution < -0.4 is 18.9 Å². The van der Waals surface area contributed by atoms with E-state index in [9.17, 15) is 0 Å². The Morgan fingerprint density at radius 3 is 2.10 bits per heavy atom. The summed E-state index contributed by atoms with van der Waals surface area (Å²) in [5.74, 6) is 3.09. The molecule has 0 aliphatic heterocycles. The summed E-state index contributed by atoms with van der Waals surface area (Å²) in [6.07, 6.45) is 2.41. The van der Waals surface area contributed by atoms with Gasteiger partial charge in [0.2, 0.25) is 10.7 Å². The number of fused-ring (bicyclic) bond motifs is 1. The van der Waals surface area contributed by atoms with Crippen molar-refractivity contribution in [3.63, 3.8) is 0 Å². The maximum atomic E-state index is 5.56. The molecule has 5 rings (SSSR count). The molecule has 0 N–H and O–H groups in total. The molecule has 0 unspecified atom stereocenters.